The lowest BCUT2D eigenvalue weighted by molar-refractivity contribution is -0.389. The predicted octanol–water partition coefficient (Wildman–Crippen LogP) is 3.86. The van der Waals surface area contributed by atoms with Crippen LogP contribution in [0.15, 0.2) is 42.6 Å². The van der Waals surface area contributed by atoms with Crippen molar-refractivity contribution in [1.29, 1.82) is 0 Å². The average molecular weight is 316 g/mol. The lowest BCUT2D eigenvalue weighted by Gasteiger charge is -2.04. The van der Waals surface area contributed by atoms with Crippen LogP contribution in [0.4, 0.5) is 21.4 Å². The predicted molar refractivity (Wildman–Crippen MR) is 82.7 cm³/mol. The highest BCUT2D eigenvalue weighted by molar-refractivity contribution is 7.19. The summed E-state index contributed by atoms with van der Waals surface area (Å²) < 4.78 is 0. The second kappa shape index (κ2) is 5.37. The summed E-state index contributed by atoms with van der Waals surface area (Å²) in [6.07, 6.45) is 1.53. The van der Waals surface area contributed by atoms with Crippen molar-refractivity contribution < 1.29 is 9.85 Å². The highest BCUT2D eigenvalue weighted by Crippen LogP contribution is 2.40. The van der Waals surface area contributed by atoms with Crippen LogP contribution in [0.3, 0.4) is 0 Å². The Labute approximate surface area is 127 Å². The van der Waals surface area contributed by atoms with Gasteiger partial charge in [-0.1, -0.05) is 18.2 Å². The third kappa shape index (κ3) is 2.56. The maximum Gasteiger partial charge on any atom is 0.333 e. The number of fused-ring (bicyclic) bond motifs is 1. The molecule has 0 atom stereocenters. The molecule has 0 aliphatic carbocycles. The zero-order chi connectivity index (χ0) is 15.7. The van der Waals surface area contributed by atoms with Gasteiger partial charge in [0.15, 0.2) is 5.00 Å². The van der Waals surface area contributed by atoms with E-state index in [1.54, 1.807) is 6.07 Å². The van der Waals surface area contributed by atoms with E-state index < -0.39 is 9.85 Å². The van der Waals surface area contributed by atoms with E-state index in [0.29, 0.717) is 17.0 Å². The number of pyridine rings is 1. The van der Waals surface area contributed by atoms with E-state index in [0.717, 1.165) is 17.0 Å². The third-order valence-corrected chi connectivity index (χ3v) is 3.92. The first-order chi connectivity index (χ1) is 10.5. The number of nitrogens with zero attached hydrogens (tertiary/aromatic N) is 3. The first-order valence-electron chi connectivity index (χ1n) is 6.09. The van der Waals surface area contributed by atoms with Gasteiger partial charge in [-0.05, 0) is 23.5 Å². The monoisotopic (exact) mass is 316 g/mol. The molecule has 0 fully saturated rings. The van der Waals surface area contributed by atoms with Crippen LogP contribution in [0.2, 0.25) is 0 Å². The van der Waals surface area contributed by atoms with Gasteiger partial charge in [0.2, 0.25) is 0 Å². The number of hydrogen-bond donors (Lipinski definition) is 1. The highest BCUT2D eigenvalue weighted by atomic mass is 32.1. The molecule has 0 aliphatic rings. The molecule has 0 unspecified atom stereocenters. The second-order valence-corrected chi connectivity index (χ2v) is 5.39. The van der Waals surface area contributed by atoms with Crippen LogP contribution in [0.25, 0.3) is 10.9 Å². The Hall–Kier alpha value is -3.07. The minimum Gasteiger partial charge on any atom is -0.340 e. The molecular weight excluding hydrogens is 308 g/mol. The Balaban J connectivity index is 2.00. The number of benzene rings is 1. The Kier molecular flexibility index (Phi) is 3.39. The van der Waals surface area contributed by atoms with E-state index >= 15 is 0 Å². The van der Waals surface area contributed by atoms with E-state index in [4.69, 9.17) is 0 Å². The van der Waals surface area contributed by atoms with Gasteiger partial charge in [0.25, 0.3) is 0 Å². The summed E-state index contributed by atoms with van der Waals surface area (Å²) in [6, 6.07) is 10.1. The fourth-order valence-electron chi connectivity index (χ4n) is 1.95. The van der Waals surface area contributed by atoms with Gasteiger partial charge in [0.05, 0.1) is 27.2 Å². The number of nitro groups is 2. The molecule has 1 aromatic carbocycles. The van der Waals surface area contributed by atoms with Crippen molar-refractivity contribution in [2.24, 2.45) is 0 Å². The van der Waals surface area contributed by atoms with Gasteiger partial charge < -0.3 is 5.32 Å². The Morgan fingerprint density at radius 2 is 1.86 bits per heavy atom. The van der Waals surface area contributed by atoms with E-state index in [-0.39, 0.29) is 15.7 Å². The molecule has 0 bridgehead atoms. The molecule has 9 heteroatoms. The van der Waals surface area contributed by atoms with Crippen molar-refractivity contribution in [2.45, 2.75) is 0 Å². The van der Waals surface area contributed by atoms with Crippen molar-refractivity contribution >= 4 is 43.6 Å². The van der Waals surface area contributed by atoms with Crippen molar-refractivity contribution in [3.63, 3.8) is 0 Å². The Bertz CT molecular complexity index is 893. The molecule has 110 valence electrons. The lowest BCUT2D eigenvalue weighted by Crippen LogP contribution is -1.93. The fraction of sp³-hybridized carbons (Fsp3) is 0. The van der Waals surface area contributed by atoms with Crippen LogP contribution < -0.4 is 5.32 Å². The molecule has 8 nitrogen and oxygen atoms in total. The van der Waals surface area contributed by atoms with Crippen LogP contribution in [-0.4, -0.2) is 14.8 Å². The normalized spacial score (nSPS) is 10.5. The van der Waals surface area contributed by atoms with Crippen LogP contribution in [0.1, 0.15) is 0 Å². The van der Waals surface area contributed by atoms with Gasteiger partial charge >= 0.3 is 10.7 Å². The largest absolute Gasteiger partial charge is 0.340 e. The summed E-state index contributed by atoms with van der Waals surface area (Å²) in [5.41, 5.74) is 0.989. The Morgan fingerprint density at radius 3 is 2.59 bits per heavy atom. The smallest absolute Gasteiger partial charge is 0.333 e. The molecule has 2 aromatic heterocycles. The highest BCUT2D eigenvalue weighted by Gasteiger charge is 2.25. The molecular formula is C13H8N4O4S. The molecule has 0 aliphatic heterocycles. The summed E-state index contributed by atoms with van der Waals surface area (Å²) in [4.78, 5) is 24.7. The number of para-hydroxylation sites is 1. The molecule has 0 saturated heterocycles. The zero-order valence-electron chi connectivity index (χ0n) is 10.9. The van der Waals surface area contributed by atoms with Gasteiger partial charge in [-0.3, -0.25) is 25.2 Å². The molecule has 3 aromatic rings. The summed E-state index contributed by atoms with van der Waals surface area (Å²) in [6.45, 7) is 0. The summed E-state index contributed by atoms with van der Waals surface area (Å²) in [5, 5.41) is 25.3. The number of thiophene rings is 1. The van der Waals surface area contributed by atoms with Gasteiger partial charge in [-0.25, -0.2) is 0 Å². The van der Waals surface area contributed by atoms with Crippen LogP contribution >= 0.6 is 11.3 Å². The van der Waals surface area contributed by atoms with Crippen molar-refractivity contribution in [1.82, 2.24) is 4.98 Å². The Morgan fingerprint density at radius 1 is 1.09 bits per heavy atom. The van der Waals surface area contributed by atoms with E-state index in [9.17, 15) is 20.2 Å². The van der Waals surface area contributed by atoms with Crippen LogP contribution in [0.5, 0.6) is 0 Å². The van der Waals surface area contributed by atoms with Gasteiger partial charge in [-0.15, -0.1) is 0 Å². The van der Waals surface area contributed by atoms with E-state index in [1.807, 2.05) is 24.3 Å². The van der Waals surface area contributed by atoms with E-state index in [2.05, 4.69) is 10.3 Å². The van der Waals surface area contributed by atoms with Crippen molar-refractivity contribution in [3.8, 4) is 0 Å². The van der Waals surface area contributed by atoms with Gasteiger partial charge in [-0.2, -0.15) is 0 Å². The molecule has 0 spiro atoms. The van der Waals surface area contributed by atoms with Crippen LogP contribution in [0, 0.1) is 20.2 Å². The van der Waals surface area contributed by atoms with E-state index in [1.165, 1.54) is 6.20 Å². The molecule has 22 heavy (non-hydrogen) atoms. The minimum atomic E-state index is -0.652. The fourth-order valence-corrected chi connectivity index (χ4v) is 2.82. The summed E-state index contributed by atoms with van der Waals surface area (Å²) in [5.74, 6) is 0. The summed E-state index contributed by atoms with van der Waals surface area (Å²) >= 11 is 0.717. The standard InChI is InChI=1S/C13H8N4O4S/c18-16(19)11-6-12(17(20)21)22-13(11)15-9-5-8-3-1-2-4-10(8)14-7-9/h1-7,15H. The number of aromatic nitrogens is 1. The quantitative estimate of drug-likeness (QED) is 0.578. The maximum absolute atomic E-state index is 11.0. The first-order valence-corrected chi connectivity index (χ1v) is 6.90. The summed E-state index contributed by atoms with van der Waals surface area (Å²) in [7, 11) is 0. The van der Waals surface area contributed by atoms with Gasteiger partial charge in [0.1, 0.15) is 6.07 Å². The average Bonchev–Trinajstić information content (AvgIpc) is 2.91. The number of hydrogen-bond acceptors (Lipinski definition) is 7. The van der Waals surface area contributed by atoms with Crippen LogP contribution in [-0.2, 0) is 0 Å². The lowest BCUT2D eigenvalue weighted by atomic mass is 10.2. The van der Waals surface area contributed by atoms with Crippen molar-refractivity contribution in [3.05, 3.63) is 62.8 Å². The maximum atomic E-state index is 11.0. The molecule has 3 rings (SSSR count). The number of rotatable bonds is 4. The molecule has 0 amide bonds. The molecule has 2 heterocycles. The zero-order valence-corrected chi connectivity index (χ0v) is 11.7. The number of anilines is 2. The second-order valence-electron chi connectivity index (χ2n) is 4.35. The molecule has 0 saturated carbocycles. The SMILES string of the molecule is O=[N+]([O-])c1cc([N+](=O)[O-])c(Nc2cnc3ccccc3c2)s1. The first kappa shape index (κ1) is 13.9. The van der Waals surface area contributed by atoms with Crippen molar-refractivity contribution in [2.75, 3.05) is 5.32 Å². The minimum absolute atomic E-state index is 0.105. The molecule has 0 radical (unpaired) electrons. The number of nitrogens with one attached hydrogen (secondary N) is 1. The molecule has 1 N–H and O–H groups in total. The third-order valence-electron chi connectivity index (χ3n) is 2.92. The van der Waals surface area contributed by atoms with Gasteiger partial charge in [0, 0.05) is 5.39 Å². The topological polar surface area (TPSA) is 111 Å².